The molecule has 0 atom stereocenters. The highest BCUT2D eigenvalue weighted by molar-refractivity contribution is 6.30. The van der Waals surface area contributed by atoms with E-state index in [1.165, 1.54) is 4.68 Å². The summed E-state index contributed by atoms with van der Waals surface area (Å²) in [6.45, 7) is 4.42. The van der Waals surface area contributed by atoms with Gasteiger partial charge in [-0.1, -0.05) is 35.3 Å². The van der Waals surface area contributed by atoms with Gasteiger partial charge in [0.05, 0.1) is 23.6 Å². The number of hydrogen-bond donors (Lipinski definition) is 1. The number of halogens is 2. The zero-order chi connectivity index (χ0) is 22.7. The SMILES string of the molecule is Cc1nn(Cc2cccc(Cl)c2)c(C)c1NC(=O)c1ccnn1COc1ccc(Cl)cc1. The fourth-order valence-corrected chi connectivity index (χ4v) is 3.65. The first kappa shape index (κ1) is 21.9. The van der Waals surface area contributed by atoms with Crippen molar-refractivity contribution in [1.29, 1.82) is 0 Å². The fourth-order valence-electron chi connectivity index (χ4n) is 3.31. The van der Waals surface area contributed by atoms with Crippen molar-refractivity contribution in [1.82, 2.24) is 19.6 Å². The predicted molar refractivity (Wildman–Crippen MR) is 125 cm³/mol. The molecule has 9 heteroatoms. The third-order valence-electron chi connectivity index (χ3n) is 4.96. The molecule has 2 aromatic carbocycles. The van der Waals surface area contributed by atoms with Gasteiger partial charge in [-0.25, -0.2) is 4.68 Å². The largest absolute Gasteiger partial charge is 0.471 e. The van der Waals surface area contributed by atoms with Crippen molar-refractivity contribution in [3.05, 3.63) is 93.5 Å². The minimum absolute atomic E-state index is 0.0867. The highest BCUT2D eigenvalue weighted by Crippen LogP contribution is 2.22. The van der Waals surface area contributed by atoms with Crippen LogP contribution < -0.4 is 10.1 Å². The summed E-state index contributed by atoms with van der Waals surface area (Å²) in [5.74, 6) is 0.334. The van der Waals surface area contributed by atoms with Crippen LogP contribution >= 0.6 is 23.2 Å². The molecule has 0 aliphatic heterocycles. The lowest BCUT2D eigenvalue weighted by atomic mass is 10.2. The zero-order valence-electron chi connectivity index (χ0n) is 17.5. The predicted octanol–water partition coefficient (Wildman–Crippen LogP) is 5.34. The van der Waals surface area contributed by atoms with E-state index < -0.39 is 0 Å². The van der Waals surface area contributed by atoms with E-state index in [0.717, 1.165) is 17.0 Å². The van der Waals surface area contributed by atoms with Gasteiger partial charge in [-0.3, -0.25) is 9.48 Å². The lowest BCUT2D eigenvalue weighted by Gasteiger charge is -2.11. The Morgan fingerprint density at radius 1 is 1.03 bits per heavy atom. The van der Waals surface area contributed by atoms with Crippen LogP contribution in [0.5, 0.6) is 5.75 Å². The molecule has 0 radical (unpaired) electrons. The molecule has 0 saturated carbocycles. The van der Waals surface area contributed by atoms with E-state index in [2.05, 4.69) is 15.5 Å². The van der Waals surface area contributed by atoms with Crippen molar-refractivity contribution < 1.29 is 9.53 Å². The molecule has 4 aromatic rings. The van der Waals surface area contributed by atoms with Crippen molar-refractivity contribution in [2.45, 2.75) is 27.1 Å². The third-order valence-corrected chi connectivity index (χ3v) is 5.44. The first-order valence-electron chi connectivity index (χ1n) is 9.90. The fraction of sp³-hybridized carbons (Fsp3) is 0.174. The number of aryl methyl sites for hydroxylation is 1. The highest BCUT2D eigenvalue weighted by atomic mass is 35.5. The lowest BCUT2D eigenvalue weighted by Crippen LogP contribution is -2.20. The molecular weight excluding hydrogens is 449 g/mol. The number of rotatable bonds is 7. The van der Waals surface area contributed by atoms with E-state index in [-0.39, 0.29) is 12.6 Å². The minimum Gasteiger partial charge on any atom is -0.471 e. The summed E-state index contributed by atoms with van der Waals surface area (Å²) in [5, 5.41) is 13.0. The molecule has 164 valence electrons. The minimum atomic E-state index is -0.296. The highest BCUT2D eigenvalue weighted by Gasteiger charge is 2.18. The van der Waals surface area contributed by atoms with Gasteiger partial charge in [0.2, 0.25) is 0 Å². The number of nitrogens with zero attached hydrogens (tertiary/aromatic N) is 4. The first-order valence-corrected chi connectivity index (χ1v) is 10.7. The Kier molecular flexibility index (Phi) is 6.48. The number of aromatic nitrogens is 4. The van der Waals surface area contributed by atoms with Crippen LogP contribution in [0.4, 0.5) is 5.69 Å². The van der Waals surface area contributed by atoms with E-state index in [1.54, 1.807) is 36.5 Å². The lowest BCUT2D eigenvalue weighted by molar-refractivity contribution is 0.100. The Labute approximate surface area is 195 Å². The van der Waals surface area contributed by atoms with Crippen molar-refractivity contribution in [3.63, 3.8) is 0 Å². The van der Waals surface area contributed by atoms with Gasteiger partial charge in [0.25, 0.3) is 5.91 Å². The first-order chi connectivity index (χ1) is 15.4. The van der Waals surface area contributed by atoms with Crippen LogP contribution in [0, 0.1) is 13.8 Å². The van der Waals surface area contributed by atoms with E-state index in [1.807, 2.05) is 42.8 Å². The molecule has 32 heavy (non-hydrogen) atoms. The Morgan fingerprint density at radius 2 is 1.81 bits per heavy atom. The molecule has 0 bridgehead atoms. The van der Waals surface area contributed by atoms with Gasteiger partial charge in [-0.15, -0.1) is 0 Å². The molecule has 0 aliphatic rings. The van der Waals surface area contributed by atoms with Crippen molar-refractivity contribution in [2.75, 3.05) is 5.32 Å². The summed E-state index contributed by atoms with van der Waals surface area (Å²) in [7, 11) is 0. The molecule has 0 saturated heterocycles. The number of anilines is 1. The van der Waals surface area contributed by atoms with E-state index in [4.69, 9.17) is 27.9 Å². The van der Waals surface area contributed by atoms with Gasteiger partial charge in [0.15, 0.2) is 6.73 Å². The van der Waals surface area contributed by atoms with Crippen LogP contribution in [0.1, 0.15) is 27.4 Å². The van der Waals surface area contributed by atoms with Gasteiger partial charge in [0, 0.05) is 16.2 Å². The summed E-state index contributed by atoms with van der Waals surface area (Å²) < 4.78 is 9.04. The quantitative estimate of drug-likeness (QED) is 0.396. The summed E-state index contributed by atoms with van der Waals surface area (Å²) >= 11 is 12.0. The number of hydrogen-bond acceptors (Lipinski definition) is 4. The standard InChI is InChI=1S/C23H21Cl2N5O2/c1-15-22(16(2)29(28-15)13-17-4-3-5-19(25)12-17)27-23(31)21-10-11-26-30(21)14-32-20-8-6-18(24)7-9-20/h3-12H,13-14H2,1-2H3,(H,27,31). The molecular formula is C23H21Cl2N5O2. The van der Waals surface area contributed by atoms with Gasteiger partial charge < -0.3 is 10.1 Å². The second-order valence-electron chi connectivity index (χ2n) is 7.23. The van der Waals surface area contributed by atoms with Crippen LogP contribution in [-0.2, 0) is 13.3 Å². The molecule has 0 spiro atoms. The topological polar surface area (TPSA) is 74.0 Å². The molecule has 0 fully saturated rings. The summed E-state index contributed by atoms with van der Waals surface area (Å²) in [6, 6.07) is 16.2. The molecule has 0 unspecified atom stereocenters. The van der Waals surface area contributed by atoms with Gasteiger partial charge in [0.1, 0.15) is 11.4 Å². The maximum atomic E-state index is 13.0. The molecule has 1 N–H and O–H groups in total. The monoisotopic (exact) mass is 469 g/mol. The Hall–Kier alpha value is -3.29. The second-order valence-corrected chi connectivity index (χ2v) is 8.10. The van der Waals surface area contributed by atoms with Crippen LogP contribution in [0.15, 0.2) is 60.8 Å². The number of amides is 1. The van der Waals surface area contributed by atoms with Gasteiger partial charge in [-0.05, 0) is 61.9 Å². The summed E-state index contributed by atoms with van der Waals surface area (Å²) in [4.78, 5) is 13.0. The number of nitrogens with one attached hydrogen (secondary N) is 1. The van der Waals surface area contributed by atoms with Gasteiger partial charge >= 0.3 is 0 Å². The normalized spacial score (nSPS) is 10.9. The number of carbonyl (C=O) groups is 1. The van der Waals surface area contributed by atoms with E-state index >= 15 is 0 Å². The molecule has 0 aliphatic carbocycles. The number of carbonyl (C=O) groups excluding carboxylic acids is 1. The van der Waals surface area contributed by atoms with Gasteiger partial charge in [-0.2, -0.15) is 10.2 Å². The van der Waals surface area contributed by atoms with Crippen molar-refractivity contribution in [3.8, 4) is 5.75 Å². The molecule has 1 amide bonds. The maximum Gasteiger partial charge on any atom is 0.274 e. The van der Waals surface area contributed by atoms with Crippen molar-refractivity contribution >= 4 is 34.8 Å². The Morgan fingerprint density at radius 3 is 2.56 bits per heavy atom. The smallest absolute Gasteiger partial charge is 0.274 e. The molecule has 4 rings (SSSR count). The Bertz CT molecular complexity index is 1250. The third kappa shape index (κ3) is 4.95. The average molecular weight is 470 g/mol. The molecule has 7 nitrogen and oxygen atoms in total. The molecule has 2 heterocycles. The second kappa shape index (κ2) is 9.46. The van der Waals surface area contributed by atoms with Crippen LogP contribution in [0.25, 0.3) is 0 Å². The van der Waals surface area contributed by atoms with E-state index in [0.29, 0.717) is 33.7 Å². The van der Waals surface area contributed by atoms with Crippen LogP contribution in [0.2, 0.25) is 10.0 Å². The summed E-state index contributed by atoms with van der Waals surface area (Å²) in [6.07, 6.45) is 1.56. The maximum absolute atomic E-state index is 13.0. The number of ether oxygens (including phenoxy) is 1. The van der Waals surface area contributed by atoms with Crippen molar-refractivity contribution in [2.24, 2.45) is 0 Å². The summed E-state index contributed by atoms with van der Waals surface area (Å²) in [5.41, 5.74) is 3.64. The molecule has 2 aromatic heterocycles. The number of benzene rings is 2. The zero-order valence-corrected chi connectivity index (χ0v) is 19.1. The van der Waals surface area contributed by atoms with Crippen LogP contribution in [-0.4, -0.2) is 25.5 Å². The average Bonchev–Trinajstić information content (AvgIpc) is 3.34. The van der Waals surface area contributed by atoms with Crippen LogP contribution in [0.3, 0.4) is 0 Å². The Balaban J connectivity index is 1.47. The van der Waals surface area contributed by atoms with E-state index in [9.17, 15) is 4.79 Å².